The van der Waals surface area contributed by atoms with Gasteiger partial charge in [0.1, 0.15) is 6.04 Å². The summed E-state index contributed by atoms with van der Waals surface area (Å²) in [5, 5.41) is 0. The van der Waals surface area contributed by atoms with Crippen LogP contribution in [0.1, 0.15) is 19.3 Å². The molecule has 2 heterocycles. The second-order valence-corrected chi connectivity index (χ2v) is 5.65. The van der Waals surface area contributed by atoms with Gasteiger partial charge in [-0.1, -0.05) is 0 Å². The highest BCUT2D eigenvalue weighted by molar-refractivity contribution is 5.87. The average molecular weight is 306 g/mol. The Hall–Kier alpha value is -1.28. The van der Waals surface area contributed by atoms with Crippen molar-refractivity contribution >= 4 is 11.9 Å². The predicted octanol–water partition coefficient (Wildman–Crippen LogP) is -0.900. The molecule has 120 valence electrons. The third-order valence-corrected chi connectivity index (χ3v) is 4.23. The molecule has 0 aromatic carbocycles. The van der Waals surface area contributed by atoms with E-state index in [0.717, 1.165) is 0 Å². The van der Waals surface area contributed by atoms with E-state index in [1.807, 2.05) is 0 Å². The lowest BCUT2D eigenvalue weighted by Crippen LogP contribution is -2.73. The molecule has 0 saturated carbocycles. The van der Waals surface area contributed by atoms with Crippen LogP contribution in [0.2, 0.25) is 0 Å². The summed E-state index contributed by atoms with van der Waals surface area (Å²) >= 11 is 0. The first-order valence-electron chi connectivity index (χ1n) is 7.17. The van der Waals surface area contributed by atoms with E-state index in [0.29, 0.717) is 25.8 Å². The molecule has 1 amide bonds. The van der Waals surface area contributed by atoms with Crippen molar-refractivity contribution in [1.82, 2.24) is 9.80 Å². The number of nitrogens with zero attached hydrogens (tertiary/aromatic N) is 2. The molecule has 2 aliphatic rings. The average Bonchev–Trinajstić information content (AvgIpc) is 2.84. The van der Waals surface area contributed by atoms with Crippen LogP contribution in [-0.2, 0) is 14.3 Å². The highest BCUT2D eigenvalue weighted by atomic mass is 19.3. The van der Waals surface area contributed by atoms with Crippen LogP contribution in [0.15, 0.2) is 0 Å². The minimum Gasteiger partial charge on any atom is -0.467 e. The molecule has 2 fully saturated rings. The third-order valence-electron chi connectivity index (χ3n) is 4.23. The number of halogens is 2. The quantitative estimate of drug-likeness (QED) is 0.686. The number of amides is 1. The van der Waals surface area contributed by atoms with E-state index < -0.39 is 24.5 Å². The standard InChI is InChI=1S/C13H21F2N3O3/c1-21-13(20)10-3-2-8-4-5-17(7-11(14)15)6-9(16)12(19)18(8)10/h8-11H,2-7,16H2,1H3/p+1/t8-,9+,10+/m1/s1. The van der Waals surface area contributed by atoms with Crippen molar-refractivity contribution in [3.05, 3.63) is 0 Å². The number of alkyl halides is 2. The molecule has 6 nitrogen and oxygen atoms in total. The summed E-state index contributed by atoms with van der Waals surface area (Å²) in [5.74, 6) is -0.657. The van der Waals surface area contributed by atoms with Crippen LogP contribution in [-0.4, -0.2) is 73.0 Å². The SMILES string of the molecule is COC(=O)[C@@H]1CC[C@@H]2CCN(CC(F)F)C[C@H]([NH3+])C(=O)N21. The molecule has 2 saturated heterocycles. The Labute approximate surface area is 122 Å². The number of methoxy groups -OCH3 is 1. The van der Waals surface area contributed by atoms with Gasteiger partial charge in [0.15, 0.2) is 6.04 Å². The Bertz CT molecular complexity index is 408. The minimum atomic E-state index is -2.42. The molecule has 0 unspecified atom stereocenters. The van der Waals surface area contributed by atoms with Gasteiger partial charge in [0.2, 0.25) is 0 Å². The molecular formula is C13H22F2N3O3+. The topological polar surface area (TPSA) is 77.5 Å². The Morgan fingerprint density at radius 2 is 2.14 bits per heavy atom. The van der Waals surface area contributed by atoms with Crippen LogP contribution < -0.4 is 5.73 Å². The Morgan fingerprint density at radius 1 is 1.43 bits per heavy atom. The van der Waals surface area contributed by atoms with E-state index in [9.17, 15) is 18.4 Å². The monoisotopic (exact) mass is 306 g/mol. The summed E-state index contributed by atoms with van der Waals surface area (Å²) < 4.78 is 29.8. The zero-order valence-electron chi connectivity index (χ0n) is 12.1. The number of fused-ring (bicyclic) bond motifs is 1. The van der Waals surface area contributed by atoms with Crippen molar-refractivity contribution in [1.29, 1.82) is 0 Å². The molecule has 2 aliphatic heterocycles. The van der Waals surface area contributed by atoms with Gasteiger partial charge in [-0.25, -0.2) is 13.6 Å². The highest BCUT2D eigenvalue weighted by Gasteiger charge is 2.45. The van der Waals surface area contributed by atoms with Gasteiger partial charge in [-0.05, 0) is 19.3 Å². The maximum Gasteiger partial charge on any atom is 0.328 e. The fourth-order valence-electron chi connectivity index (χ4n) is 3.25. The molecule has 3 N–H and O–H groups in total. The van der Waals surface area contributed by atoms with E-state index in [1.54, 1.807) is 9.80 Å². The van der Waals surface area contributed by atoms with Crippen molar-refractivity contribution in [3.8, 4) is 0 Å². The molecule has 21 heavy (non-hydrogen) atoms. The molecular weight excluding hydrogens is 284 g/mol. The number of carbonyl (C=O) groups excluding carboxylic acids is 2. The lowest BCUT2D eigenvalue weighted by molar-refractivity contribution is -0.408. The van der Waals surface area contributed by atoms with Crippen LogP contribution in [0.3, 0.4) is 0 Å². The molecule has 0 aromatic rings. The smallest absolute Gasteiger partial charge is 0.328 e. The summed E-state index contributed by atoms with van der Waals surface area (Å²) in [5.41, 5.74) is 3.79. The van der Waals surface area contributed by atoms with Gasteiger partial charge in [-0.15, -0.1) is 0 Å². The van der Waals surface area contributed by atoms with Gasteiger partial charge in [-0.3, -0.25) is 9.69 Å². The Balaban J connectivity index is 2.12. The largest absolute Gasteiger partial charge is 0.467 e. The van der Waals surface area contributed by atoms with Crippen molar-refractivity contribution in [3.63, 3.8) is 0 Å². The lowest BCUT2D eigenvalue weighted by atomic mass is 10.1. The van der Waals surface area contributed by atoms with E-state index in [-0.39, 0.29) is 25.0 Å². The molecule has 0 radical (unpaired) electrons. The zero-order valence-corrected chi connectivity index (χ0v) is 12.1. The number of rotatable bonds is 3. The van der Waals surface area contributed by atoms with Gasteiger partial charge >= 0.3 is 5.97 Å². The Morgan fingerprint density at radius 3 is 2.76 bits per heavy atom. The molecule has 3 atom stereocenters. The van der Waals surface area contributed by atoms with Crippen molar-refractivity contribution in [2.75, 3.05) is 26.7 Å². The minimum absolute atomic E-state index is 0.0914. The van der Waals surface area contributed by atoms with E-state index in [4.69, 9.17) is 4.74 Å². The fourth-order valence-corrected chi connectivity index (χ4v) is 3.25. The number of hydrogen-bond acceptors (Lipinski definition) is 4. The maximum absolute atomic E-state index is 12.5. The van der Waals surface area contributed by atoms with Gasteiger partial charge in [-0.2, -0.15) is 0 Å². The molecule has 2 rings (SSSR count). The van der Waals surface area contributed by atoms with Gasteiger partial charge in [0, 0.05) is 12.6 Å². The highest BCUT2D eigenvalue weighted by Crippen LogP contribution is 2.29. The second kappa shape index (κ2) is 6.65. The van der Waals surface area contributed by atoms with Crippen LogP contribution in [0.5, 0.6) is 0 Å². The van der Waals surface area contributed by atoms with Crippen LogP contribution in [0.4, 0.5) is 8.78 Å². The zero-order chi connectivity index (χ0) is 15.6. The summed E-state index contributed by atoms with van der Waals surface area (Å²) in [6.07, 6.45) is -0.571. The lowest BCUT2D eigenvalue weighted by Gasteiger charge is -2.35. The van der Waals surface area contributed by atoms with Crippen molar-refractivity contribution in [2.45, 2.75) is 43.8 Å². The van der Waals surface area contributed by atoms with Crippen molar-refractivity contribution in [2.24, 2.45) is 0 Å². The van der Waals surface area contributed by atoms with Gasteiger partial charge in [0.05, 0.1) is 20.2 Å². The summed E-state index contributed by atoms with van der Waals surface area (Å²) in [6.45, 7) is 0.339. The summed E-state index contributed by atoms with van der Waals surface area (Å²) in [6, 6.07) is -1.29. The fraction of sp³-hybridized carbons (Fsp3) is 0.846. The number of hydrogen-bond donors (Lipinski definition) is 1. The van der Waals surface area contributed by atoms with E-state index in [2.05, 4.69) is 5.73 Å². The first kappa shape index (κ1) is 16.1. The maximum atomic E-state index is 12.5. The molecule has 0 aromatic heterocycles. The van der Waals surface area contributed by atoms with E-state index >= 15 is 0 Å². The van der Waals surface area contributed by atoms with Gasteiger partial charge < -0.3 is 15.4 Å². The normalized spacial score (nSPS) is 31.0. The number of quaternary nitrogens is 1. The van der Waals surface area contributed by atoms with Crippen LogP contribution in [0.25, 0.3) is 0 Å². The summed E-state index contributed by atoms with van der Waals surface area (Å²) in [4.78, 5) is 27.4. The third kappa shape index (κ3) is 3.49. The predicted molar refractivity (Wildman–Crippen MR) is 69.4 cm³/mol. The molecule has 8 heteroatoms. The van der Waals surface area contributed by atoms with E-state index in [1.165, 1.54) is 7.11 Å². The number of esters is 1. The first-order valence-corrected chi connectivity index (χ1v) is 7.17. The summed E-state index contributed by atoms with van der Waals surface area (Å²) in [7, 11) is 1.30. The van der Waals surface area contributed by atoms with Crippen molar-refractivity contribution < 1.29 is 28.8 Å². The molecule has 0 spiro atoms. The second-order valence-electron chi connectivity index (χ2n) is 5.65. The first-order chi connectivity index (χ1) is 9.93. The number of ether oxygens (including phenoxy) is 1. The molecule has 0 aliphatic carbocycles. The van der Waals surface area contributed by atoms with Crippen LogP contribution in [0, 0.1) is 0 Å². The van der Waals surface area contributed by atoms with Crippen LogP contribution >= 0.6 is 0 Å². The number of carbonyl (C=O) groups is 2. The van der Waals surface area contributed by atoms with Gasteiger partial charge in [0.25, 0.3) is 12.3 Å². The molecule has 0 bridgehead atoms. The Kier molecular flexibility index (Phi) is 5.10.